The second-order valence-corrected chi connectivity index (χ2v) is 8.12. The van der Waals surface area contributed by atoms with E-state index in [2.05, 4.69) is 58.1 Å². The van der Waals surface area contributed by atoms with Crippen LogP contribution in [-0.4, -0.2) is 46.5 Å². The summed E-state index contributed by atoms with van der Waals surface area (Å²) in [5.74, 6) is 1.51. The number of hydrogen-bond donors (Lipinski definition) is 0. The highest BCUT2D eigenvalue weighted by Gasteiger charge is 2.53. The summed E-state index contributed by atoms with van der Waals surface area (Å²) >= 11 is 0. The number of aromatic nitrogens is 1. The summed E-state index contributed by atoms with van der Waals surface area (Å²) in [6.07, 6.45) is 4.68. The first-order valence-electron chi connectivity index (χ1n) is 9.74. The van der Waals surface area contributed by atoms with Gasteiger partial charge >= 0.3 is 0 Å². The molecular formula is C22H27N3. The van der Waals surface area contributed by atoms with Crippen LogP contribution < -0.4 is 0 Å². The first-order valence-corrected chi connectivity index (χ1v) is 9.74. The summed E-state index contributed by atoms with van der Waals surface area (Å²) in [5.41, 5.74) is 4.09. The van der Waals surface area contributed by atoms with Crippen LogP contribution in [0.1, 0.15) is 35.6 Å². The molecule has 2 bridgehead atoms. The van der Waals surface area contributed by atoms with Crippen LogP contribution in [0.2, 0.25) is 0 Å². The van der Waals surface area contributed by atoms with E-state index >= 15 is 0 Å². The number of rotatable bonds is 3. The third-order valence-corrected chi connectivity index (χ3v) is 6.69. The van der Waals surface area contributed by atoms with E-state index in [1.807, 2.05) is 12.3 Å². The standard InChI is InChI=1S/C22H27N3/c1-16-5-7-17(8-6-16)20-15-25(14-19-4-2-3-11-23-19)21-18-9-12-24(13-10-18)22(20)21/h2-8,11,18,20-22H,9-10,12-15H2,1H3/t20-,21-,22-/m0/s1. The fraction of sp³-hybridized carbons (Fsp3) is 0.500. The molecule has 4 aliphatic rings. The van der Waals surface area contributed by atoms with Crippen molar-refractivity contribution >= 4 is 0 Å². The Morgan fingerprint density at radius 1 is 1.00 bits per heavy atom. The highest BCUT2D eigenvalue weighted by molar-refractivity contribution is 5.30. The van der Waals surface area contributed by atoms with E-state index in [0.717, 1.165) is 12.5 Å². The maximum atomic E-state index is 4.60. The maximum Gasteiger partial charge on any atom is 0.0544 e. The Morgan fingerprint density at radius 3 is 2.52 bits per heavy atom. The fourth-order valence-corrected chi connectivity index (χ4v) is 5.53. The lowest BCUT2D eigenvalue weighted by atomic mass is 9.75. The Balaban J connectivity index is 1.47. The van der Waals surface area contributed by atoms with Crippen LogP contribution in [0.5, 0.6) is 0 Å². The lowest BCUT2D eigenvalue weighted by Gasteiger charge is -2.51. The molecule has 5 heterocycles. The predicted octanol–water partition coefficient (Wildman–Crippen LogP) is 3.45. The van der Waals surface area contributed by atoms with Gasteiger partial charge in [0.2, 0.25) is 0 Å². The van der Waals surface area contributed by atoms with Gasteiger partial charge in [0, 0.05) is 37.3 Å². The minimum atomic E-state index is 0.636. The quantitative estimate of drug-likeness (QED) is 0.857. The largest absolute Gasteiger partial charge is 0.298 e. The van der Waals surface area contributed by atoms with Crippen molar-refractivity contribution in [2.24, 2.45) is 5.92 Å². The van der Waals surface area contributed by atoms with Crippen molar-refractivity contribution in [2.75, 3.05) is 19.6 Å². The van der Waals surface area contributed by atoms with Crippen LogP contribution in [0.15, 0.2) is 48.7 Å². The monoisotopic (exact) mass is 333 g/mol. The number of piperidine rings is 3. The van der Waals surface area contributed by atoms with Gasteiger partial charge in [-0.25, -0.2) is 0 Å². The topological polar surface area (TPSA) is 19.4 Å². The average Bonchev–Trinajstić information content (AvgIpc) is 3.06. The number of nitrogens with zero attached hydrogens (tertiary/aromatic N) is 3. The number of pyridine rings is 1. The van der Waals surface area contributed by atoms with E-state index in [-0.39, 0.29) is 0 Å². The van der Waals surface area contributed by atoms with Gasteiger partial charge in [-0.1, -0.05) is 35.9 Å². The zero-order valence-corrected chi connectivity index (χ0v) is 15.0. The third-order valence-electron chi connectivity index (χ3n) is 6.69. The predicted molar refractivity (Wildman–Crippen MR) is 100 cm³/mol. The molecule has 3 atom stereocenters. The van der Waals surface area contributed by atoms with E-state index in [0.29, 0.717) is 18.0 Å². The average molecular weight is 333 g/mol. The van der Waals surface area contributed by atoms with Gasteiger partial charge in [0.25, 0.3) is 0 Å². The van der Waals surface area contributed by atoms with Crippen LogP contribution in [0.4, 0.5) is 0 Å². The highest BCUT2D eigenvalue weighted by atomic mass is 15.3. The summed E-state index contributed by atoms with van der Waals surface area (Å²) in [7, 11) is 0. The molecule has 3 nitrogen and oxygen atoms in total. The van der Waals surface area contributed by atoms with Crippen molar-refractivity contribution in [2.45, 2.75) is 44.3 Å². The van der Waals surface area contributed by atoms with Crippen LogP contribution in [0.3, 0.4) is 0 Å². The van der Waals surface area contributed by atoms with Gasteiger partial charge in [0.05, 0.1) is 5.69 Å². The molecule has 0 spiro atoms. The van der Waals surface area contributed by atoms with Gasteiger partial charge in [-0.15, -0.1) is 0 Å². The number of aryl methyl sites for hydroxylation is 1. The molecule has 4 saturated heterocycles. The van der Waals surface area contributed by atoms with Crippen molar-refractivity contribution in [1.29, 1.82) is 0 Å². The van der Waals surface area contributed by atoms with E-state index in [4.69, 9.17) is 0 Å². The summed E-state index contributed by atoms with van der Waals surface area (Å²) in [5, 5.41) is 0. The van der Waals surface area contributed by atoms with E-state index < -0.39 is 0 Å². The molecule has 0 saturated carbocycles. The summed E-state index contributed by atoms with van der Waals surface area (Å²) in [6.45, 7) is 6.94. The molecule has 4 aliphatic heterocycles. The Bertz CT molecular complexity index is 719. The molecule has 6 rings (SSSR count). The van der Waals surface area contributed by atoms with Crippen LogP contribution >= 0.6 is 0 Å². The number of hydrogen-bond acceptors (Lipinski definition) is 3. The molecule has 2 aromatic rings. The third kappa shape index (κ3) is 2.70. The minimum absolute atomic E-state index is 0.636. The van der Waals surface area contributed by atoms with E-state index in [9.17, 15) is 0 Å². The van der Waals surface area contributed by atoms with Gasteiger partial charge in [-0.2, -0.15) is 0 Å². The molecule has 25 heavy (non-hydrogen) atoms. The lowest BCUT2D eigenvalue weighted by Crippen LogP contribution is -2.60. The van der Waals surface area contributed by atoms with Crippen LogP contribution in [-0.2, 0) is 6.54 Å². The molecular weight excluding hydrogens is 306 g/mol. The molecule has 0 aliphatic carbocycles. The van der Waals surface area contributed by atoms with Crippen molar-refractivity contribution < 1.29 is 0 Å². The molecule has 4 fully saturated rings. The minimum Gasteiger partial charge on any atom is -0.298 e. The van der Waals surface area contributed by atoms with Gasteiger partial charge in [-0.05, 0) is 56.5 Å². The zero-order valence-electron chi connectivity index (χ0n) is 15.0. The first kappa shape index (κ1) is 15.5. The second-order valence-electron chi connectivity index (χ2n) is 8.12. The number of likely N-dealkylation sites (tertiary alicyclic amines) is 1. The molecule has 1 aromatic carbocycles. The van der Waals surface area contributed by atoms with Crippen molar-refractivity contribution in [3.63, 3.8) is 0 Å². The normalized spacial score (nSPS) is 34.2. The Hall–Kier alpha value is -1.71. The Morgan fingerprint density at radius 2 is 1.80 bits per heavy atom. The lowest BCUT2D eigenvalue weighted by molar-refractivity contribution is -0.00897. The van der Waals surface area contributed by atoms with Gasteiger partial charge in [0.1, 0.15) is 0 Å². The first-order chi connectivity index (χ1) is 12.3. The van der Waals surface area contributed by atoms with Crippen LogP contribution in [0, 0.1) is 12.8 Å². The van der Waals surface area contributed by atoms with E-state index in [1.54, 1.807) is 0 Å². The van der Waals surface area contributed by atoms with Crippen molar-refractivity contribution in [1.82, 2.24) is 14.8 Å². The Kier molecular flexibility index (Phi) is 3.87. The molecule has 0 amide bonds. The molecule has 130 valence electrons. The maximum absolute atomic E-state index is 4.60. The van der Waals surface area contributed by atoms with Crippen molar-refractivity contribution in [3.05, 3.63) is 65.5 Å². The summed E-state index contributed by atoms with van der Waals surface area (Å²) in [6, 6.07) is 17.0. The fourth-order valence-electron chi connectivity index (χ4n) is 5.53. The summed E-state index contributed by atoms with van der Waals surface area (Å²) in [4.78, 5) is 10.1. The van der Waals surface area contributed by atoms with Gasteiger partial charge in [0.15, 0.2) is 0 Å². The smallest absolute Gasteiger partial charge is 0.0544 e. The zero-order chi connectivity index (χ0) is 16.8. The molecule has 0 radical (unpaired) electrons. The SMILES string of the molecule is Cc1ccc([C@@H]2CN(Cc3ccccn3)[C@H]3C4CCN(CC4)[C@@H]23)cc1. The summed E-state index contributed by atoms with van der Waals surface area (Å²) < 4.78 is 0. The highest BCUT2D eigenvalue weighted by Crippen LogP contribution is 2.46. The molecule has 0 N–H and O–H groups in total. The number of benzene rings is 1. The van der Waals surface area contributed by atoms with E-state index in [1.165, 1.54) is 49.3 Å². The van der Waals surface area contributed by atoms with Crippen LogP contribution in [0.25, 0.3) is 0 Å². The number of fused-ring (bicyclic) bond motifs is 2. The molecule has 3 heteroatoms. The van der Waals surface area contributed by atoms with Gasteiger partial charge < -0.3 is 0 Å². The Labute approximate surface area is 150 Å². The molecule has 1 aromatic heterocycles. The molecule has 0 unspecified atom stereocenters. The van der Waals surface area contributed by atoms with Gasteiger partial charge in [-0.3, -0.25) is 14.8 Å². The second kappa shape index (κ2) is 6.22. The van der Waals surface area contributed by atoms with Crippen molar-refractivity contribution in [3.8, 4) is 0 Å².